The normalized spacial score (nSPS) is 16.0. The maximum absolute atomic E-state index is 12.4. The molecule has 134 valence electrons. The van der Waals surface area contributed by atoms with Crippen LogP contribution < -0.4 is 5.32 Å². The van der Waals surface area contributed by atoms with Crippen LogP contribution >= 0.6 is 23.2 Å². The minimum absolute atomic E-state index is 0.160. The number of amides is 2. The maximum Gasteiger partial charge on any atom is 0.321 e. The van der Waals surface area contributed by atoms with Gasteiger partial charge in [-0.2, -0.15) is 5.26 Å². The van der Waals surface area contributed by atoms with Gasteiger partial charge in [0.2, 0.25) is 0 Å². The summed E-state index contributed by atoms with van der Waals surface area (Å²) < 4.78 is 0. The lowest BCUT2D eigenvalue weighted by atomic mass is 10.1. The molecule has 2 aromatic carbocycles. The van der Waals surface area contributed by atoms with Crippen molar-refractivity contribution in [3.8, 4) is 6.07 Å². The number of hydrogen-bond acceptors (Lipinski definition) is 3. The molecule has 26 heavy (non-hydrogen) atoms. The van der Waals surface area contributed by atoms with E-state index in [9.17, 15) is 10.1 Å². The third kappa shape index (κ3) is 4.47. The molecule has 5 nitrogen and oxygen atoms in total. The van der Waals surface area contributed by atoms with Crippen LogP contribution in [0, 0.1) is 11.3 Å². The minimum atomic E-state index is -0.342. The zero-order valence-electron chi connectivity index (χ0n) is 14.0. The molecule has 1 atom stereocenters. The summed E-state index contributed by atoms with van der Waals surface area (Å²) in [6.07, 6.45) is 0. The molecule has 1 aliphatic heterocycles. The van der Waals surface area contributed by atoms with E-state index in [-0.39, 0.29) is 12.1 Å². The molecular weight excluding hydrogens is 371 g/mol. The molecule has 7 heteroatoms. The van der Waals surface area contributed by atoms with Gasteiger partial charge in [-0.3, -0.25) is 4.90 Å². The summed E-state index contributed by atoms with van der Waals surface area (Å²) >= 11 is 11.9. The number of anilines is 1. The Morgan fingerprint density at radius 2 is 1.73 bits per heavy atom. The predicted molar refractivity (Wildman–Crippen MR) is 103 cm³/mol. The van der Waals surface area contributed by atoms with E-state index in [1.165, 1.54) is 0 Å². The van der Waals surface area contributed by atoms with Crippen LogP contribution in [0.5, 0.6) is 0 Å². The van der Waals surface area contributed by atoms with Crippen molar-refractivity contribution in [2.45, 2.75) is 6.04 Å². The number of nitrogens with one attached hydrogen (secondary N) is 1. The van der Waals surface area contributed by atoms with Gasteiger partial charge < -0.3 is 10.2 Å². The Morgan fingerprint density at radius 3 is 2.35 bits per heavy atom. The van der Waals surface area contributed by atoms with Gasteiger partial charge in [0.15, 0.2) is 0 Å². The predicted octanol–water partition coefficient (Wildman–Crippen LogP) is 4.41. The monoisotopic (exact) mass is 388 g/mol. The summed E-state index contributed by atoms with van der Waals surface area (Å²) in [5, 5.41) is 13.6. The molecule has 1 N–H and O–H groups in total. The highest BCUT2D eigenvalue weighted by Gasteiger charge is 2.27. The highest BCUT2D eigenvalue weighted by molar-refractivity contribution is 6.31. The Labute approximate surface area is 162 Å². The van der Waals surface area contributed by atoms with Crippen molar-refractivity contribution in [2.75, 3.05) is 31.5 Å². The van der Waals surface area contributed by atoms with E-state index in [2.05, 4.69) is 16.3 Å². The average Bonchev–Trinajstić information content (AvgIpc) is 2.64. The van der Waals surface area contributed by atoms with Crippen molar-refractivity contribution < 1.29 is 4.79 Å². The number of piperazine rings is 1. The van der Waals surface area contributed by atoms with E-state index < -0.39 is 0 Å². The molecule has 1 unspecified atom stereocenters. The lowest BCUT2D eigenvalue weighted by Gasteiger charge is -2.37. The van der Waals surface area contributed by atoms with Crippen LogP contribution in [-0.2, 0) is 0 Å². The second-order valence-electron chi connectivity index (χ2n) is 6.05. The van der Waals surface area contributed by atoms with Crippen molar-refractivity contribution in [2.24, 2.45) is 0 Å². The highest BCUT2D eigenvalue weighted by atomic mass is 35.5. The smallest absolute Gasteiger partial charge is 0.321 e. The lowest BCUT2D eigenvalue weighted by molar-refractivity contribution is 0.131. The third-order valence-corrected chi connectivity index (χ3v) is 4.84. The molecule has 0 saturated carbocycles. The van der Waals surface area contributed by atoms with Gasteiger partial charge in [0.05, 0.1) is 6.07 Å². The van der Waals surface area contributed by atoms with Crippen LogP contribution in [0.15, 0.2) is 48.5 Å². The number of benzene rings is 2. The number of nitrogens with zero attached hydrogens (tertiary/aromatic N) is 3. The molecule has 1 aliphatic rings. The number of carbonyl (C=O) groups excluding carboxylic acids is 1. The number of urea groups is 1. The van der Waals surface area contributed by atoms with Crippen LogP contribution in [0.25, 0.3) is 0 Å². The fourth-order valence-electron chi connectivity index (χ4n) is 2.96. The Balaban J connectivity index is 1.58. The number of hydrogen-bond donors (Lipinski definition) is 1. The Bertz CT molecular complexity index is 811. The van der Waals surface area contributed by atoms with Gasteiger partial charge in [0.1, 0.15) is 6.04 Å². The fourth-order valence-corrected chi connectivity index (χ4v) is 3.28. The average molecular weight is 389 g/mol. The molecule has 0 bridgehead atoms. The summed E-state index contributed by atoms with van der Waals surface area (Å²) in [6.45, 7) is 2.37. The van der Waals surface area contributed by atoms with Crippen LogP contribution in [-0.4, -0.2) is 42.0 Å². The van der Waals surface area contributed by atoms with E-state index in [0.29, 0.717) is 41.9 Å². The highest BCUT2D eigenvalue weighted by Crippen LogP contribution is 2.23. The Hall–Kier alpha value is -2.26. The van der Waals surface area contributed by atoms with E-state index in [1.54, 1.807) is 41.3 Å². The van der Waals surface area contributed by atoms with E-state index in [0.717, 1.165) is 5.56 Å². The van der Waals surface area contributed by atoms with Gasteiger partial charge in [0.25, 0.3) is 0 Å². The number of carbonyl (C=O) groups is 1. The van der Waals surface area contributed by atoms with Crippen molar-refractivity contribution in [3.05, 3.63) is 64.1 Å². The molecule has 0 aromatic heterocycles. The first-order chi connectivity index (χ1) is 12.6. The second kappa shape index (κ2) is 8.41. The van der Waals surface area contributed by atoms with Crippen LogP contribution in [0.4, 0.5) is 10.5 Å². The largest absolute Gasteiger partial charge is 0.322 e. The number of halogens is 2. The summed E-state index contributed by atoms with van der Waals surface area (Å²) in [5.74, 6) is 0. The van der Waals surface area contributed by atoms with E-state index >= 15 is 0 Å². The standard InChI is InChI=1S/C19H18Cl2N4O/c20-15-6-4-14(5-7-15)18(13-22)24-8-10-25(11-9-24)19(26)23-17-3-1-2-16(21)12-17/h1-7,12,18H,8-11H2,(H,23,26). The molecule has 2 amide bonds. The van der Waals surface area contributed by atoms with E-state index in [1.807, 2.05) is 12.1 Å². The molecule has 0 radical (unpaired) electrons. The molecule has 1 heterocycles. The molecule has 1 fully saturated rings. The quantitative estimate of drug-likeness (QED) is 0.846. The van der Waals surface area contributed by atoms with Crippen molar-refractivity contribution in [1.29, 1.82) is 5.26 Å². The Kier molecular flexibility index (Phi) is 6.00. The first-order valence-electron chi connectivity index (χ1n) is 8.27. The lowest BCUT2D eigenvalue weighted by Crippen LogP contribution is -2.50. The molecule has 2 aromatic rings. The summed E-state index contributed by atoms with van der Waals surface area (Å²) in [5.41, 5.74) is 1.58. The van der Waals surface area contributed by atoms with Gasteiger partial charge in [-0.1, -0.05) is 41.4 Å². The summed E-state index contributed by atoms with van der Waals surface area (Å²) in [4.78, 5) is 16.2. The first-order valence-corrected chi connectivity index (χ1v) is 9.03. The topological polar surface area (TPSA) is 59.4 Å². The van der Waals surface area contributed by atoms with E-state index in [4.69, 9.17) is 23.2 Å². The molecular formula is C19H18Cl2N4O. The molecule has 3 rings (SSSR count). The molecule has 0 spiro atoms. The van der Waals surface area contributed by atoms with Gasteiger partial charge in [-0.15, -0.1) is 0 Å². The van der Waals surface area contributed by atoms with Crippen molar-refractivity contribution in [1.82, 2.24) is 9.80 Å². The number of nitriles is 1. The van der Waals surface area contributed by atoms with Gasteiger partial charge in [-0.05, 0) is 35.9 Å². The summed E-state index contributed by atoms with van der Waals surface area (Å²) in [6, 6.07) is 16.2. The van der Waals surface area contributed by atoms with Crippen LogP contribution in [0.2, 0.25) is 10.0 Å². The first kappa shape index (κ1) is 18.5. The van der Waals surface area contributed by atoms with Gasteiger partial charge in [0, 0.05) is 41.9 Å². The molecule has 1 saturated heterocycles. The zero-order valence-corrected chi connectivity index (χ0v) is 15.5. The fraction of sp³-hybridized carbons (Fsp3) is 0.263. The second-order valence-corrected chi connectivity index (χ2v) is 6.92. The van der Waals surface area contributed by atoms with Gasteiger partial charge in [-0.25, -0.2) is 4.79 Å². The van der Waals surface area contributed by atoms with Crippen molar-refractivity contribution in [3.63, 3.8) is 0 Å². The van der Waals surface area contributed by atoms with Crippen LogP contribution in [0.3, 0.4) is 0 Å². The van der Waals surface area contributed by atoms with Crippen LogP contribution in [0.1, 0.15) is 11.6 Å². The maximum atomic E-state index is 12.4. The Morgan fingerprint density at radius 1 is 1.04 bits per heavy atom. The van der Waals surface area contributed by atoms with Gasteiger partial charge >= 0.3 is 6.03 Å². The molecule has 0 aliphatic carbocycles. The number of rotatable bonds is 3. The zero-order chi connectivity index (χ0) is 18.5. The SMILES string of the molecule is N#CC(c1ccc(Cl)cc1)N1CCN(C(=O)Nc2cccc(Cl)c2)CC1. The third-order valence-electron chi connectivity index (χ3n) is 4.35. The minimum Gasteiger partial charge on any atom is -0.322 e. The summed E-state index contributed by atoms with van der Waals surface area (Å²) in [7, 11) is 0. The van der Waals surface area contributed by atoms with Crippen molar-refractivity contribution >= 4 is 34.9 Å².